The van der Waals surface area contributed by atoms with E-state index in [2.05, 4.69) is 32.2 Å². The van der Waals surface area contributed by atoms with Gasteiger partial charge in [0.25, 0.3) is 0 Å². The Morgan fingerprint density at radius 2 is 1.96 bits per heavy atom. The zero-order valence-electron chi connectivity index (χ0n) is 15.0. The van der Waals surface area contributed by atoms with E-state index in [-0.39, 0.29) is 0 Å². The van der Waals surface area contributed by atoms with Crippen molar-refractivity contribution < 1.29 is 4.79 Å². The normalized spacial score (nSPS) is 24.8. The molecule has 2 unspecified atom stereocenters. The van der Waals surface area contributed by atoms with Crippen molar-refractivity contribution in [1.29, 1.82) is 0 Å². The SMILES string of the molecule is CCCCn1nnnc1CN1CCCC1C1CCCN1C(=O)CC. The van der Waals surface area contributed by atoms with E-state index in [1.54, 1.807) is 0 Å². The van der Waals surface area contributed by atoms with Gasteiger partial charge in [-0.05, 0) is 49.1 Å². The molecular weight excluding hydrogens is 304 g/mol. The molecule has 2 fully saturated rings. The molecule has 0 bridgehead atoms. The maximum Gasteiger partial charge on any atom is 0.222 e. The average molecular weight is 334 g/mol. The number of nitrogens with zero attached hydrogens (tertiary/aromatic N) is 6. The first-order chi connectivity index (χ1) is 11.7. The van der Waals surface area contributed by atoms with Crippen LogP contribution < -0.4 is 0 Å². The summed E-state index contributed by atoms with van der Waals surface area (Å²) in [6.45, 7) is 7.84. The summed E-state index contributed by atoms with van der Waals surface area (Å²) in [6.07, 6.45) is 7.49. The van der Waals surface area contributed by atoms with Crippen LogP contribution in [-0.2, 0) is 17.9 Å². The summed E-state index contributed by atoms with van der Waals surface area (Å²) in [5.41, 5.74) is 0. The molecule has 1 aromatic heterocycles. The summed E-state index contributed by atoms with van der Waals surface area (Å²) in [7, 11) is 0. The summed E-state index contributed by atoms with van der Waals surface area (Å²) in [6, 6.07) is 0.833. The Hall–Kier alpha value is -1.50. The molecule has 24 heavy (non-hydrogen) atoms. The molecule has 0 aromatic carbocycles. The highest BCUT2D eigenvalue weighted by atomic mass is 16.2. The van der Waals surface area contributed by atoms with Gasteiger partial charge in [-0.15, -0.1) is 5.10 Å². The second-order valence-corrected chi connectivity index (χ2v) is 7.00. The van der Waals surface area contributed by atoms with Crippen LogP contribution in [0.15, 0.2) is 0 Å². The van der Waals surface area contributed by atoms with Crippen LogP contribution >= 0.6 is 0 Å². The van der Waals surface area contributed by atoms with E-state index in [0.717, 1.165) is 57.7 Å². The van der Waals surface area contributed by atoms with Crippen molar-refractivity contribution in [3.8, 4) is 0 Å². The lowest BCUT2D eigenvalue weighted by Crippen LogP contribution is -2.48. The van der Waals surface area contributed by atoms with Crippen molar-refractivity contribution in [3.05, 3.63) is 5.82 Å². The van der Waals surface area contributed by atoms with Crippen LogP contribution in [0.5, 0.6) is 0 Å². The molecule has 0 spiro atoms. The number of likely N-dealkylation sites (tertiary alicyclic amines) is 2. The largest absolute Gasteiger partial charge is 0.338 e. The van der Waals surface area contributed by atoms with E-state index in [1.165, 1.54) is 12.8 Å². The highest BCUT2D eigenvalue weighted by Gasteiger charge is 2.39. The van der Waals surface area contributed by atoms with E-state index >= 15 is 0 Å². The lowest BCUT2D eigenvalue weighted by atomic mass is 10.0. The summed E-state index contributed by atoms with van der Waals surface area (Å²) in [5, 5.41) is 12.3. The number of aromatic nitrogens is 4. The molecule has 1 aromatic rings. The fourth-order valence-electron chi connectivity index (χ4n) is 4.19. The molecule has 0 aliphatic carbocycles. The molecule has 3 heterocycles. The van der Waals surface area contributed by atoms with Gasteiger partial charge in [0.1, 0.15) is 0 Å². The maximum absolute atomic E-state index is 12.2. The Labute approximate surface area is 144 Å². The second kappa shape index (κ2) is 8.05. The van der Waals surface area contributed by atoms with Crippen LogP contribution in [0, 0.1) is 0 Å². The van der Waals surface area contributed by atoms with Gasteiger partial charge in [-0.25, -0.2) is 4.68 Å². The Morgan fingerprint density at radius 3 is 2.75 bits per heavy atom. The first-order valence-corrected chi connectivity index (χ1v) is 9.53. The third-order valence-corrected chi connectivity index (χ3v) is 5.45. The van der Waals surface area contributed by atoms with Crippen LogP contribution in [-0.4, -0.2) is 61.1 Å². The molecule has 2 atom stereocenters. The Bertz CT molecular complexity index is 545. The molecule has 2 saturated heterocycles. The topological polar surface area (TPSA) is 67.2 Å². The fraction of sp³-hybridized carbons (Fsp3) is 0.882. The van der Waals surface area contributed by atoms with Gasteiger partial charge < -0.3 is 4.90 Å². The predicted octanol–water partition coefficient (Wildman–Crippen LogP) is 1.84. The van der Waals surface area contributed by atoms with E-state index < -0.39 is 0 Å². The lowest BCUT2D eigenvalue weighted by molar-refractivity contribution is -0.132. The number of carbonyl (C=O) groups is 1. The average Bonchev–Trinajstić information content (AvgIpc) is 3.33. The molecule has 2 aliphatic heterocycles. The lowest BCUT2D eigenvalue weighted by Gasteiger charge is -2.34. The summed E-state index contributed by atoms with van der Waals surface area (Å²) < 4.78 is 1.95. The van der Waals surface area contributed by atoms with Gasteiger partial charge >= 0.3 is 0 Å². The summed E-state index contributed by atoms with van der Waals surface area (Å²) in [5.74, 6) is 1.26. The molecular formula is C17H30N6O. The van der Waals surface area contributed by atoms with Crippen LogP contribution in [0.1, 0.15) is 64.6 Å². The second-order valence-electron chi connectivity index (χ2n) is 7.00. The van der Waals surface area contributed by atoms with Gasteiger partial charge in [-0.3, -0.25) is 9.69 Å². The van der Waals surface area contributed by atoms with Crippen molar-refractivity contribution >= 4 is 5.91 Å². The first kappa shape index (κ1) is 17.3. The van der Waals surface area contributed by atoms with Crippen molar-refractivity contribution in [2.24, 2.45) is 0 Å². The summed E-state index contributed by atoms with van der Waals surface area (Å²) in [4.78, 5) is 16.9. The van der Waals surface area contributed by atoms with Gasteiger partial charge in [0, 0.05) is 31.6 Å². The molecule has 7 heteroatoms. The van der Waals surface area contributed by atoms with E-state index in [1.807, 2.05) is 11.6 Å². The van der Waals surface area contributed by atoms with Gasteiger partial charge in [0.15, 0.2) is 5.82 Å². The predicted molar refractivity (Wildman–Crippen MR) is 91.2 cm³/mol. The molecule has 2 aliphatic rings. The van der Waals surface area contributed by atoms with Gasteiger partial charge in [0.05, 0.1) is 6.54 Å². The highest BCUT2D eigenvalue weighted by molar-refractivity contribution is 5.76. The number of hydrogen-bond acceptors (Lipinski definition) is 5. The molecule has 3 rings (SSSR count). The van der Waals surface area contributed by atoms with Crippen molar-refractivity contribution in [2.45, 2.75) is 84.0 Å². The van der Waals surface area contributed by atoms with Crippen LogP contribution in [0.2, 0.25) is 0 Å². The van der Waals surface area contributed by atoms with Crippen LogP contribution in [0.3, 0.4) is 0 Å². The minimum atomic E-state index is 0.303. The van der Waals surface area contributed by atoms with Gasteiger partial charge in [0.2, 0.25) is 5.91 Å². The minimum absolute atomic E-state index is 0.303. The zero-order chi connectivity index (χ0) is 16.9. The Balaban J connectivity index is 1.67. The minimum Gasteiger partial charge on any atom is -0.338 e. The van der Waals surface area contributed by atoms with E-state index in [9.17, 15) is 4.79 Å². The smallest absolute Gasteiger partial charge is 0.222 e. The third kappa shape index (κ3) is 3.61. The molecule has 1 amide bonds. The van der Waals surface area contributed by atoms with Crippen molar-refractivity contribution in [1.82, 2.24) is 30.0 Å². The van der Waals surface area contributed by atoms with Gasteiger partial charge in [-0.1, -0.05) is 20.3 Å². The monoisotopic (exact) mass is 334 g/mol. The molecule has 7 nitrogen and oxygen atoms in total. The standard InChI is InChI=1S/C17H30N6O/c1-3-5-12-23-16(18-19-20-23)13-21-10-6-8-14(21)15-9-7-11-22(15)17(24)4-2/h14-15H,3-13H2,1-2H3. The van der Waals surface area contributed by atoms with Crippen molar-refractivity contribution in [3.63, 3.8) is 0 Å². The summed E-state index contributed by atoms with van der Waals surface area (Å²) >= 11 is 0. The molecule has 0 N–H and O–H groups in total. The molecule has 134 valence electrons. The molecule has 0 saturated carbocycles. The fourth-order valence-corrected chi connectivity index (χ4v) is 4.19. The van der Waals surface area contributed by atoms with E-state index in [0.29, 0.717) is 24.4 Å². The first-order valence-electron chi connectivity index (χ1n) is 9.53. The Morgan fingerprint density at radius 1 is 1.17 bits per heavy atom. The number of aryl methyl sites for hydroxylation is 1. The van der Waals surface area contributed by atoms with Crippen LogP contribution in [0.25, 0.3) is 0 Å². The van der Waals surface area contributed by atoms with Gasteiger partial charge in [-0.2, -0.15) is 0 Å². The number of unbranched alkanes of at least 4 members (excludes halogenated alkanes) is 1. The molecule has 0 radical (unpaired) electrons. The van der Waals surface area contributed by atoms with Crippen LogP contribution in [0.4, 0.5) is 0 Å². The number of tetrazole rings is 1. The van der Waals surface area contributed by atoms with Crippen molar-refractivity contribution in [2.75, 3.05) is 13.1 Å². The highest BCUT2D eigenvalue weighted by Crippen LogP contribution is 2.31. The zero-order valence-corrected chi connectivity index (χ0v) is 15.0. The number of rotatable bonds is 7. The number of amides is 1. The van der Waals surface area contributed by atoms with E-state index in [4.69, 9.17) is 0 Å². The number of hydrogen-bond donors (Lipinski definition) is 0. The third-order valence-electron chi connectivity index (χ3n) is 5.45. The Kier molecular flexibility index (Phi) is 5.81. The number of carbonyl (C=O) groups excluding carboxylic acids is 1. The maximum atomic E-state index is 12.2. The quantitative estimate of drug-likeness (QED) is 0.761.